The van der Waals surface area contributed by atoms with Crippen molar-refractivity contribution in [3.63, 3.8) is 0 Å². The van der Waals surface area contributed by atoms with Crippen molar-refractivity contribution in [1.29, 1.82) is 5.26 Å². The van der Waals surface area contributed by atoms with E-state index in [0.717, 1.165) is 51.8 Å². The minimum atomic E-state index is 0.461. The van der Waals surface area contributed by atoms with Gasteiger partial charge in [0.25, 0.3) is 0 Å². The molecule has 0 bridgehead atoms. The van der Waals surface area contributed by atoms with Crippen LogP contribution >= 0.6 is 0 Å². The van der Waals surface area contributed by atoms with Crippen LogP contribution in [0.3, 0.4) is 0 Å². The molecule has 3 heterocycles. The van der Waals surface area contributed by atoms with Gasteiger partial charge in [0.05, 0.1) is 17.8 Å². The molecule has 2 atom stereocenters. The standard InChI is InChI=1S/C29H26N6/c1-19-14-31-15-20(2)35(19)24-11-9-21(10-12-24)23-16-32-29-28(17-33-34(29)18-23)27-8-4-6-25-22(13-30)5-3-7-26(25)27/h3-12,16-20,31H,14-15H2,1-2H3. The maximum atomic E-state index is 9.50. The number of nitriles is 1. The van der Waals surface area contributed by atoms with Gasteiger partial charge >= 0.3 is 0 Å². The molecule has 0 amide bonds. The number of hydrogen-bond acceptors (Lipinski definition) is 5. The molecule has 1 N–H and O–H groups in total. The van der Waals surface area contributed by atoms with E-state index in [9.17, 15) is 5.26 Å². The summed E-state index contributed by atoms with van der Waals surface area (Å²) < 4.78 is 1.84. The summed E-state index contributed by atoms with van der Waals surface area (Å²) in [6.45, 7) is 6.53. The molecule has 35 heavy (non-hydrogen) atoms. The molecule has 1 aliphatic heterocycles. The molecule has 0 spiro atoms. The maximum absolute atomic E-state index is 9.50. The minimum Gasteiger partial charge on any atom is -0.364 e. The number of fused-ring (bicyclic) bond motifs is 2. The van der Waals surface area contributed by atoms with Crippen LogP contribution in [0.15, 0.2) is 79.3 Å². The second-order valence-corrected chi connectivity index (χ2v) is 9.30. The van der Waals surface area contributed by atoms with Crippen molar-refractivity contribution >= 4 is 22.1 Å². The third-order valence-corrected chi connectivity index (χ3v) is 7.02. The van der Waals surface area contributed by atoms with E-state index >= 15 is 0 Å². The van der Waals surface area contributed by atoms with Crippen molar-refractivity contribution in [2.24, 2.45) is 0 Å². The number of nitrogens with one attached hydrogen (secondary N) is 1. The second kappa shape index (κ2) is 8.53. The smallest absolute Gasteiger partial charge is 0.162 e. The van der Waals surface area contributed by atoms with E-state index < -0.39 is 0 Å². The summed E-state index contributed by atoms with van der Waals surface area (Å²) in [5.41, 5.74) is 6.82. The molecule has 2 aromatic heterocycles. The number of aromatic nitrogens is 3. The fraction of sp³-hybridized carbons (Fsp3) is 0.207. The van der Waals surface area contributed by atoms with Crippen LogP contribution in [0.4, 0.5) is 5.69 Å². The van der Waals surface area contributed by atoms with Crippen LogP contribution in [0.5, 0.6) is 0 Å². The third kappa shape index (κ3) is 3.61. The van der Waals surface area contributed by atoms with Crippen LogP contribution in [0, 0.1) is 11.3 Å². The Bertz CT molecular complexity index is 1570. The van der Waals surface area contributed by atoms with Crippen molar-refractivity contribution in [3.05, 3.63) is 84.8 Å². The highest BCUT2D eigenvalue weighted by atomic mass is 15.2. The predicted octanol–water partition coefficient (Wildman–Crippen LogP) is 5.27. The number of hydrogen-bond donors (Lipinski definition) is 1. The van der Waals surface area contributed by atoms with E-state index in [1.165, 1.54) is 5.69 Å². The lowest BCUT2D eigenvalue weighted by molar-refractivity contribution is 0.432. The molecule has 172 valence electrons. The van der Waals surface area contributed by atoms with Crippen molar-refractivity contribution in [3.8, 4) is 28.3 Å². The van der Waals surface area contributed by atoms with Gasteiger partial charge in [-0.3, -0.25) is 0 Å². The fourth-order valence-electron chi connectivity index (χ4n) is 5.32. The Labute approximate surface area is 204 Å². The van der Waals surface area contributed by atoms with Crippen molar-refractivity contribution in [2.75, 3.05) is 18.0 Å². The zero-order chi connectivity index (χ0) is 23.9. The number of rotatable bonds is 3. The lowest BCUT2D eigenvalue weighted by atomic mass is 9.97. The molecule has 6 heteroatoms. The highest BCUT2D eigenvalue weighted by Gasteiger charge is 2.24. The first-order chi connectivity index (χ1) is 17.1. The third-order valence-electron chi connectivity index (χ3n) is 7.02. The maximum Gasteiger partial charge on any atom is 0.162 e. The molecule has 1 fully saturated rings. The first-order valence-corrected chi connectivity index (χ1v) is 12.0. The highest BCUT2D eigenvalue weighted by molar-refractivity contribution is 6.01. The van der Waals surface area contributed by atoms with E-state index in [0.29, 0.717) is 17.6 Å². The highest BCUT2D eigenvalue weighted by Crippen LogP contribution is 2.33. The summed E-state index contributed by atoms with van der Waals surface area (Å²) in [5.74, 6) is 0. The summed E-state index contributed by atoms with van der Waals surface area (Å²) in [6.07, 6.45) is 5.80. The number of benzene rings is 3. The predicted molar refractivity (Wildman–Crippen MR) is 140 cm³/mol. The van der Waals surface area contributed by atoms with Gasteiger partial charge in [0.1, 0.15) is 0 Å². The lowest BCUT2D eigenvalue weighted by Crippen LogP contribution is -2.55. The van der Waals surface area contributed by atoms with Gasteiger partial charge in [-0.05, 0) is 48.6 Å². The summed E-state index contributed by atoms with van der Waals surface area (Å²) in [5, 5.41) is 19.6. The van der Waals surface area contributed by atoms with E-state index in [1.807, 2.05) is 53.4 Å². The second-order valence-electron chi connectivity index (χ2n) is 9.30. The number of nitrogens with zero attached hydrogens (tertiary/aromatic N) is 5. The summed E-state index contributed by atoms with van der Waals surface area (Å²) >= 11 is 0. The van der Waals surface area contributed by atoms with Crippen LogP contribution in [0.25, 0.3) is 38.7 Å². The Balaban J connectivity index is 1.36. The molecule has 6 nitrogen and oxygen atoms in total. The number of anilines is 1. The molecule has 2 unspecified atom stereocenters. The van der Waals surface area contributed by atoms with Crippen LogP contribution in [-0.4, -0.2) is 39.8 Å². The molecular weight excluding hydrogens is 432 g/mol. The van der Waals surface area contributed by atoms with E-state index in [1.54, 1.807) is 0 Å². The average molecular weight is 459 g/mol. The zero-order valence-electron chi connectivity index (χ0n) is 19.8. The monoisotopic (exact) mass is 458 g/mol. The van der Waals surface area contributed by atoms with Crippen LogP contribution < -0.4 is 10.2 Å². The molecule has 0 aliphatic carbocycles. The molecule has 1 aliphatic rings. The summed E-state index contributed by atoms with van der Waals surface area (Å²) in [4.78, 5) is 7.29. The van der Waals surface area contributed by atoms with Gasteiger partial charge in [-0.25, -0.2) is 9.50 Å². The first kappa shape index (κ1) is 21.3. The SMILES string of the molecule is CC1CNCC(C)N1c1ccc(-c2cnc3c(-c4cccc5c(C#N)cccc45)cnn3c2)cc1. The van der Waals surface area contributed by atoms with Gasteiger partial charge in [0.2, 0.25) is 0 Å². The molecule has 0 saturated carbocycles. The Morgan fingerprint density at radius 2 is 1.60 bits per heavy atom. The van der Waals surface area contributed by atoms with E-state index in [2.05, 4.69) is 65.6 Å². The molecule has 1 saturated heterocycles. The lowest BCUT2D eigenvalue weighted by Gasteiger charge is -2.41. The van der Waals surface area contributed by atoms with Crippen molar-refractivity contribution in [1.82, 2.24) is 19.9 Å². The quantitative estimate of drug-likeness (QED) is 0.399. The fourth-order valence-corrected chi connectivity index (χ4v) is 5.32. The topological polar surface area (TPSA) is 69.2 Å². The van der Waals surface area contributed by atoms with Gasteiger partial charge in [-0.2, -0.15) is 10.4 Å². The van der Waals surface area contributed by atoms with Gasteiger partial charge in [-0.15, -0.1) is 0 Å². The molecule has 0 radical (unpaired) electrons. The van der Waals surface area contributed by atoms with Crippen molar-refractivity contribution < 1.29 is 0 Å². The Hall–Kier alpha value is -4.21. The molecule has 6 rings (SSSR count). The normalized spacial score (nSPS) is 18.1. The van der Waals surface area contributed by atoms with Crippen molar-refractivity contribution in [2.45, 2.75) is 25.9 Å². The average Bonchev–Trinajstić information content (AvgIpc) is 3.31. The van der Waals surface area contributed by atoms with E-state index in [4.69, 9.17) is 4.98 Å². The summed E-state index contributed by atoms with van der Waals surface area (Å²) in [6, 6.07) is 23.8. The number of piperazine rings is 1. The Morgan fingerprint density at radius 1 is 0.857 bits per heavy atom. The Kier molecular flexibility index (Phi) is 5.20. The van der Waals surface area contributed by atoms with Crippen LogP contribution in [-0.2, 0) is 0 Å². The van der Waals surface area contributed by atoms with Gasteiger partial charge < -0.3 is 10.2 Å². The van der Waals surface area contributed by atoms with E-state index in [-0.39, 0.29) is 0 Å². The largest absolute Gasteiger partial charge is 0.364 e. The van der Waals surface area contributed by atoms with Gasteiger partial charge in [-0.1, -0.05) is 42.5 Å². The molecule has 5 aromatic rings. The molecule has 3 aromatic carbocycles. The van der Waals surface area contributed by atoms with Gasteiger partial charge in [0, 0.05) is 59.8 Å². The Morgan fingerprint density at radius 3 is 2.37 bits per heavy atom. The van der Waals surface area contributed by atoms with Crippen LogP contribution in [0.2, 0.25) is 0 Å². The molecular formula is C29H26N6. The van der Waals surface area contributed by atoms with Crippen LogP contribution in [0.1, 0.15) is 19.4 Å². The zero-order valence-corrected chi connectivity index (χ0v) is 19.8. The summed E-state index contributed by atoms with van der Waals surface area (Å²) in [7, 11) is 0. The minimum absolute atomic E-state index is 0.461. The van der Waals surface area contributed by atoms with Gasteiger partial charge in [0.15, 0.2) is 5.65 Å². The first-order valence-electron chi connectivity index (χ1n) is 12.0.